The Bertz CT molecular complexity index is 436. The molecule has 1 rings (SSSR count). The molecule has 2 heteroatoms. The molecule has 1 nitrogen and oxygen atoms in total. The van der Waals surface area contributed by atoms with Crippen LogP contribution in [0.3, 0.4) is 0 Å². The molecule has 0 bridgehead atoms. The van der Waals surface area contributed by atoms with Crippen LogP contribution in [0.1, 0.15) is 20.3 Å². The van der Waals surface area contributed by atoms with Crippen LogP contribution in [0.4, 0.5) is 0 Å². The average Bonchev–Trinajstić information content (AvgIpc) is 2.53. The molecule has 0 aliphatic carbocycles. The zero-order valence-corrected chi connectivity index (χ0v) is 11.9. The Balaban J connectivity index is 3.13. The molecular formula is C16H20OS. The quantitative estimate of drug-likeness (QED) is 0.648. The van der Waals surface area contributed by atoms with Gasteiger partial charge in [0.15, 0.2) is 0 Å². The van der Waals surface area contributed by atoms with E-state index >= 15 is 0 Å². The summed E-state index contributed by atoms with van der Waals surface area (Å²) in [6, 6.07) is 0. The maximum atomic E-state index is 5.85. The van der Waals surface area contributed by atoms with Gasteiger partial charge in [-0.05, 0) is 31.9 Å². The molecule has 0 unspecified atom stereocenters. The van der Waals surface area contributed by atoms with Crippen LogP contribution in [-0.4, -0.2) is 6.61 Å². The van der Waals surface area contributed by atoms with Crippen LogP contribution in [0.5, 0.6) is 0 Å². The first kappa shape index (κ1) is 14.7. The second kappa shape index (κ2) is 7.83. The van der Waals surface area contributed by atoms with Gasteiger partial charge in [0.25, 0.3) is 0 Å². The van der Waals surface area contributed by atoms with E-state index in [4.69, 9.17) is 4.74 Å². The highest BCUT2D eigenvalue weighted by molar-refractivity contribution is 8.07. The third kappa shape index (κ3) is 3.81. The predicted molar refractivity (Wildman–Crippen MR) is 82.2 cm³/mol. The molecule has 0 N–H and O–H groups in total. The average molecular weight is 260 g/mol. The Hall–Kier alpha value is -1.41. The molecule has 0 saturated heterocycles. The van der Waals surface area contributed by atoms with E-state index in [9.17, 15) is 0 Å². The predicted octanol–water partition coefficient (Wildman–Crippen LogP) is 5.13. The number of thioether (sulfide) groups is 1. The van der Waals surface area contributed by atoms with Crippen LogP contribution in [0.25, 0.3) is 0 Å². The van der Waals surface area contributed by atoms with Crippen molar-refractivity contribution >= 4 is 11.8 Å². The van der Waals surface area contributed by atoms with E-state index in [-0.39, 0.29) is 0 Å². The van der Waals surface area contributed by atoms with Crippen LogP contribution in [0.2, 0.25) is 0 Å². The fourth-order valence-corrected chi connectivity index (χ4v) is 2.71. The van der Waals surface area contributed by atoms with Gasteiger partial charge in [0.1, 0.15) is 12.4 Å². The topological polar surface area (TPSA) is 9.23 Å². The molecule has 1 heterocycles. The van der Waals surface area contributed by atoms with Crippen molar-refractivity contribution in [3.8, 4) is 0 Å². The largest absolute Gasteiger partial charge is 0.488 e. The van der Waals surface area contributed by atoms with E-state index in [0.717, 1.165) is 17.1 Å². The highest BCUT2D eigenvalue weighted by Gasteiger charge is 2.16. The van der Waals surface area contributed by atoms with Gasteiger partial charge >= 0.3 is 0 Å². The lowest BCUT2D eigenvalue weighted by Crippen LogP contribution is -1.95. The zero-order valence-electron chi connectivity index (χ0n) is 11.1. The maximum Gasteiger partial charge on any atom is 0.133 e. The Morgan fingerprint density at radius 1 is 1.33 bits per heavy atom. The van der Waals surface area contributed by atoms with Crippen molar-refractivity contribution in [2.45, 2.75) is 20.3 Å². The Kier molecular flexibility index (Phi) is 6.37. The summed E-state index contributed by atoms with van der Waals surface area (Å²) >= 11 is 1.75. The van der Waals surface area contributed by atoms with E-state index in [0.29, 0.717) is 6.61 Å². The SMILES string of the molecule is C=C/C=C1/OCC(/C=C\C)=C(CC=C)S/C1=C/C. The normalized spacial score (nSPS) is 21.2. The first-order valence-corrected chi connectivity index (χ1v) is 6.84. The van der Waals surface area contributed by atoms with Gasteiger partial charge in [0.05, 0.1) is 0 Å². The first-order valence-electron chi connectivity index (χ1n) is 6.02. The lowest BCUT2D eigenvalue weighted by molar-refractivity contribution is 0.255. The van der Waals surface area contributed by atoms with Crippen LogP contribution in [-0.2, 0) is 4.74 Å². The minimum Gasteiger partial charge on any atom is -0.488 e. The van der Waals surface area contributed by atoms with E-state index in [1.54, 1.807) is 17.8 Å². The van der Waals surface area contributed by atoms with E-state index < -0.39 is 0 Å². The van der Waals surface area contributed by atoms with Gasteiger partial charge in [-0.25, -0.2) is 0 Å². The summed E-state index contributed by atoms with van der Waals surface area (Å²) in [5.74, 6) is 0.888. The molecular weight excluding hydrogens is 240 g/mol. The van der Waals surface area contributed by atoms with Gasteiger partial charge in [-0.3, -0.25) is 0 Å². The fourth-order valence-electron chi connectivity index (χ4n) is 1.64. The molecule has 18 heavy (non-hydrogen) atoms. The zero-order chi connectivity index (χ0) is 13.4. The molecule has 0 aromatic heterocycles. The highest BCUT2D eigenvalue weighted by Crippen LogP contribution is 2.38. The van der Waals surface area contributed by atoms with Crippen LogP contribution in [0.15, 0.2) is 70.8 Å². The second-order valence-corrected chi connectivity index (χ2v) is 4.89. The lowest BCUT2D eigenvalue weighted by Gasteiger charge is -2.08. The summed E-state index contributed by atoms with van der Waals surface area (Å²) in [6.45, 7) is 12.2. The first-order chi connectivity index (χ1) is 8.76. The number of rotatable bonds is 4. The van der Waals surface area contributed by atoms with Gasteiger partial charge in [0.2, 0.25) is 0 Å². The molecule has 0 fully saturated rings. The molecule has 0 saturated carbocycles. The number of hydrogen-bond acceptors (Lipinski definition) is 2. The second-order valence-electron chi connectivity index (χ2n) is 3.75. The monoisotopic (exact) mass is 260 g/mol. The standard InChI is InChI=1S/C16H20OS/c1-5-9-13-12-17-14(10-6-2)15(8-4)18-16(13)11-7-3/h5-10H,2-3,11-12H2,1,4H3/b9-5-,14-10+,15-8+. The summed E-state index contributed by atoms with van der Waals surface area (Å²) in [4.78, 5) is 2.43. The molecule has 0 radical (unpaired) electrons. The summed E-state index contributed by atoms with van der Waals surface area (Å²) in [5, 5.41) is 0. The van der Waals surface area contributed by atoms with Crippen molar-refractivity contribution in [3.63, 3.8) is 0 Å². The Morgan fingerprint density at radius 2 is 2.11 bits per heavy atom. The molecule has 0 amide bonds. The van der Waals surface area contributed by atoms with Crippen molar-refractivity contribution in [1.82, 2.24) is 0 Å². The van der Waals surface area contributed by atoms with Crippen molar-refractivity contribution < 1.29 is 4.74 Å². The van der Waals surface area contributed by atoms with Crippen LogP contribution >= 0.6 is 11.8 Å². The smallest absolute Gasteiger partial charge is 0.133 e. The third-order valence-corrected chi connectivity index (χ3v) is 3.78. The number of hydrogen-bond donors (Lipinski definition) is 0. The molecule has 1 aliphatic heterocycles. The Morgan fingerprint density at radius 3 is 2.67 bits per heavy atom. The summed E-state index contributed by atoms with van der Waals surface area (Å²) in [6.07, 6.45) is 12.7. The van der Waals surface area contributed by atoms with Crippen molar-refractivity contribution in [2.24, 2.45) is 0 Å². The van der Waals surface area contributed by atoms with Crippen molar-refractivity contribution in [1.29, 1.82) is 0 Å². The van der Waals surface area contributed by atoms with E-state index in [1.165, 1.54) is 10.5 Å². The summed E-state index contributed by atoms with van der Waals surface area (Å²) in [5.41, 5.74) is 1.22. The molecule has 0 spiro atoms. The van der Waals surface area contributed by atoms with Crippen LogP contribution in [0, 0.1) is 0 Å². The van der Waals surface area contributed by atoms with Crippen LogP contribution < -0.4 is 0 Å². The number of allylic oxidation sites excluding steroid dienone is 6. The highest BCUT2D eigenvalue weighted by atomic mass is 32.2. The fraction of sp³-hybridized carbons (Fsp3) is 0.250. The van der Waals surface area contributed by atoms with E-state index in [1.807, 2.05) is 32.1 Å². The van der Waals surface area contributed by atoms with Crippen molar-refractivity contribution in [3.05, 3.63) is 70.8 Å². The van der Waals surface area contributed by atoms with Gasteiger partial charge < -0.3 is 4.74 Å². The summed E-state index contributed by atoms with van der Waals surface area (Å²) < 4.78 is 5.85. The summed E-state index contributed by atoms with van der Waals surface area (Å²) in [7, 11) is 0. The lowest BCUT2D eigenvalue weighted by atomic mass is 10.2. The molecule has 96 valence electrons. The third-order valence-electron chi connectivity index (χ3n) is 2.45. The van der Waals surface area contributed by atoms with Gasteiger partial charge in [-0.15, -0.1) is 6.58 Å². The minimum absolute atomic E-state index is 0.595. The van der Waals surface area contributed by atoms with E-state index in [2.05, 4.69) is 25.3 Å². The Labute approximate surface area is 114 Å². The molecule has 1 aliphatic rings. The number of ether oxygens (including phenoxy) is 1. The molecule has 0 aromatic carbocycles. The van der Waals surface area contributed by atoms with Gasteiger partial charge in [-0.1, -0.05) is 48.7 Å². The van der Waals surface area contributed by atoms with Gasteiger partial charge in [0, 0.05) is 9.81 Å². The van der Waals surface area contributed by atoms with Crippen molar-refractivity contribution in [2.75, 3.05) is 6.61 Å². The molecule has 0 aromatic rings. The maximum absolute atomic E-state index is 5.85. The molecule has 0 atom stereocenters. The van der Waals surface area contributed by atoms with Gasteiger partial charge in [-0.2, -0.15) is 0 Å². The minimum atomic E-state index is 0.595.